The lowest BCUT2D eigenvalue weighted by Crippen LogP contribution is -2.28. The molecule has 0 radical (unpaired) electrons. The topological polar surface area (TPSA) is 198 Å². The third kappa shape index (κ3) is 9.20. The number of aryl methyl sites for hydroxylation is 3. The van der Waals surface area contributed by atoms with Gasteiger partial charge in [-0.25, -0.2) is 0 Å². The summed E-state index contributed by atoms with van der Waals surface area (Å²) in [6, 6.07) is 11.5. The van der Waals surface area contributed by atoms with E-state index in [4.69, 9.17) is 22.7 Å². The van der Waals surface area contributed by atoms with Crippen molar-refractivity contribution in [1.29, 1.82) is 5.41 Å². The van der Waals surface area contributed by atoms with Crippen LogP contribution in [0.1, 0.15) is 43.4 Å². The van der Waals surface area contributed by atoms with Crippen LogP contribution < -0.4 is 27.0 Å². The molecule has 0 spiro atoms. The molecule has 14 nitrogen and oxygen atoms in total. The van der Waals surface area contributed by atoms with Crippen molar-refractivity contribution in [1.82, 2.24) is 19.0 Å². The van der Waals surface area contributed by atoms with Crippen LogP contribution in [0.2, 0.25) is 0 Å². The molecule has 1 unspecified atom stereocenters. The predicted molar refractivity (Wildman–Crippen MR) is 182 cm³/mol. The van der Waals surface area contributed by atoms with Crippen LogP contribution in [0.25, 0.3) is 0 Å². The third-order valence-corrected chi connectivity index (χ3v) is 8.79. The van der Waals surface area contributed by atoms with Crippen LogP contribution in [-0.4, -0.2) is 65.6 Å². The van der Waals surface area contributed by atoms with E-state index in [1.165, 1.54) is 12.1 Å². The Balaban J connectivity index is 1.34. The Morgan fingerprint density at radius 1 is 0.787 bits per heavy atom. The van der Waals surface area contributed by atoms with Crippen molar-refractivity contribution in [2.24, 2.45) is 26.9 Å². The first kappa shape index (κ1) is 34.7. The van der Waals surface area contributed by atoms with Gasteiger partial charge in [0.15, 0.2) is 0 Å². The number of halogens is 1. The van der Waals surface area contributed by atoms with Crippen LogP contribution >= 0.6 is 11.6 Å². The number of aromatic nitrogens is 3. The Bertz CT molecular complexity index is 1840. The highest BCUT2D eigenvalue weighted by molar-refractivity contribution is 7.85. The number of hydrogen-bond donors (Lipinski definition) is 6. The fourth-order valence-corrected chi connectivity index (χ4v) is 5.94. The molecule has 1 aromatic carbocycles. The van der Waals surface area contributed by atoms with Gasteiger partial charge in [-0.1, -0.05) is 12.1 Å². The zero-order valence-corrected chi connectivity index (χ0v) is 27.6. The predicted octanol–water partition coefficient (Wildman–Crippen LogP) is 2.79. The molecule has 47 heavy (non-hydrogen) atoms. The maximum Gasteiger partial charge on any atom is 0.272 e. The summed E-state index contributed by atoms with van der Waals surface area (Å²) >= 11 is 5.66. The van der Waals surface area contributed by atoms with Gasteiger partial charge in [0.25, 0.3) is 17.7 Å². The molecule has 0 aliphatic rings. The monoisotopic (exact) mass is 681 g/mol. The van der Waals surface area contributed by atoms with Gasteiger partial charge in [0.05, 0.1) is 40.1 Å². The first-order chi connectivity index (χ1) is 22.3. The van der Waals surface area contributed by atoms with Crippen molar-refractivity contribution < 1.29 is 23.4 Å². The lowest BCUT2D eigenvalue weighted by atomic mass is 10.1. The van der Waals surface area contributed by atoms with Crippen LogP contribution in [0, 0.1) is 5.41 Å². The molecule has 4 rings (SSSR count). The summed E-state index contributed by atoms with van der Waals surface area (Å²) in [6.45, 7) is 0.217. The number of nitrogens with one attached hydrogen (secondary N) is 5. The second-order valence-corrected chi connectivity index (χ2v) is 12.7. The van der Waals surface area contributed by atoms with Gasteiger partial charge in [-0.05, 0) is 35.9 Å². The Morgan fingerprint density at radius 3 is 1.72 bits per heavy atom. The number of rotatable bonds is 14. The molecule has 3 heterocycles. The van der Waals surface area contributed by atoms with Gasteiger partial charge < -0.3 is 40.7 Å². The summed E-state index contributed by atoms with van der Waals surface area (Å²) in [5.74, 6) is -0.938. The summed E-state index contributed by atoms with van der Waals surface area (Å²) in [5.41, 5.74) is 8.13. The van der Waals surface area contributed by atoms with Crippen LogP contribution in [0.5, 0.6) is 0 Å². The fourth-order valence-electron chi connectivity index (χ4n) is 4.70. The molecule has 0 bridgehead atoms. The Morgan fingerprint density at radius 2 is 1.26 bits per heavy atom. The number of carbonyl (C=O) groups excluding carboxylic acids is 4. The van der Waals surface area contributed by atoms with E-state index in [1.54, 1.807) is 83.8 Å². The van der Waals surface area contributed by atoms with Gasteiger partial charge in [-0.3, -0.25) is 28.8 Å². The third-order valence-electron chi connectivity index (χ3n) is 7.01. The second kappa shape index (κ2) is 15.4. The SMILES string of the molecule is Cn1cc(NC(=O)c2cc(NC(=O)c3cc(NC(=O)Cc4ccc(S(=O)CCCl)cc4)cn3C)cn2C)cc1C(=O)NCCC(=N)N. The number of nitrogens with zero attached hydrogens (tertiary/aromatic N) is 3. The molecule has 0 fully saturated rings. The number of alkyl halides is 1. The minimum Gasteiger partial charge on any atom is -0.388 e. The van der Waals surface area contributed by atoms with Crippen molar-refractivity contribution in [3.63, 3.8) is 0 Å². The van der Waals surface area contributed by atoms with Gasteiger partial charge in [-0.2, -0.15) is 0 Å². The number of hydrogen-bond acceptors (Lipinski definition) is 6. The average molecular weight is 682 g/mol. The molecule has 0 aliphatic heterocycles. The first-order valence-corrected chi connectivity index (χ1v) is 16.3. The smallest absolute Gasteiger partial charge is 0.272 e. The van der Waals surface area contributed by atoms with Gasteiger partial charge in [0.2, 0.25) is 5.91 Å². The number of benzene rings is 1. The van der Waals surface area contributed by atoms with Crippen LogP contribution in [0.4, 0.5) is 17.1 Å². The van der Waals surface area contributed by atoms with Crippen molar-refractivity contribution in [3.05, 3.63) is 83.7 Å². The van der Waals surface area contributed by atoms with Crippen LogP contribution in [0.3, 0.4) is 0 Å². The minimum absolute atomic E-state index is 0.0320. The van der Waals surface area contributed by atoms with Crippen LogP contribution in [-0.2, 0) is 43.2 Å². The van der Waals surface area contributed by atoms with Crippen molar-refractivity contribution in [2.75, 3.05) is 34.1 Å². The van der Waals surface area contributed by atoms with Gasteiger partial charge in [0, 0.05) is 69.2 Å². The van der Waals surface area contributed by atoms with E-state index in [2.05, 4.69) is 21.3 Å². The van der Waals surface area contributed by atoms with E-state index in [9.17, 15) is 23.4 Å². The summed E-state index contributed by atoms with van der Waals surface area (Å²) in [6.07, 6.45) is 5.12. The molecule has 0 aliphatic carbocycles. The second-order valence-electron chi connectivity index (χ2n) is 10.7. The fraction of sp³-hybridized carbons (Fsp3) is 0.258. The molecule has 0 saturated carbocycles. The molecule has 4 aromatic rings. The van der Waals surface area contributed by atoms with E-state index in [-0.39, 0.29) is 48.4 Å². The Kier molecular flexibility index (Phi) is 11.4. The quantitative estimate of drug-likeness (QED) is 0.0672. The minimum atomic E-state index is -1.18. The molecule has 3 aromatic heterocycles. The zero-order valence-electron chi connectivity index (χ0n) is 26.1. The maximum absolute atomic E-state index is 13.1. The van der Waals surface area contributed by atoms with Crippen LogP contribution in [0.15, 0.2) is 66.0 Å². The largest absolute Gasteiger partial charge is 0.388 e. The Hall–Kier alpha value is -5.15. The van der Waals surface area contributed by atoms with Crippen molar-refractivity contribution in [3.8, 4) is 0 Å². The highest BCUT2D eigenvalue weighted by Crippen LogP contribution is 2.20. The lowest BCUT2D eigenvalue weighted by Gasteiger charge is -2.05. The average Bonchev–Trinajstić information content (AvgIpc) is 3.68. The first-order valence-electron chi connectivity index (χ1n) is 14.4. The van der Waals surface area contributed by atoms with E-state index in [0.29, 0.717) is 39.3 Å². The summed E-state index contributed by atoms with van der Waals surface area (Å²) in [4.78, 5) is 51.9. The van der Waals surface area contributed by atoms with E-state index in [0.717, 1.165) is 5.56 Å². The van der Waals surface area contributed by atoms with Gasteiger partial charge >= 0.3 is 0 Å². The molecule has 1 atom stereocenters. The number of amides is 4. The van der Waals surface area contributed by atoms with Crippen molar-refractivity contribution >= 4 is 68.9 Å². The van der Waals surface area contributed by atoms with Gasteiger partial charge in [-0.15, -0.1) is 11.6 Å². The molecule has 0 saturated heterocycles. The number of anilines is 3. The summed E-state index contributed by atoms with van der Waals surface area (Å²) in [5, 5.41) is 18.3. The molecule has 4 amide bonds. The zero-order chi connectivity index (χ0) is 34.2. The van der Waals surface area contributed by atoms with E-state index in [1.807, 2.05) is 0 Å². The van der Waals surface area contributed by atoms with E-state index >= 15 is 0 Å². The molecule has 248 valence electrons. The standard InChI is InChI=1S/C31H36ClN9O5S/c1-39-17-21(14-24(39)29(43)35-10-8-27(33)34)37-31(45)26-15-22(18-41(26)3)38-30(44)25-13-20(16-40(25)2)36-28(42)12-19-4-6-23(7-5-19)47(46)11-9-32/h4-7,13-18H,8-12H2,1-3H3,(H3,33,34)(H,35,43)(H,36,42)(H,37,45)(H,38,44). The summed E-state index contributed by atoms with van der Waals surface area (Å²) in [7, 11) is 3.81. The molecular weight excluding hydrogens is 646 g/mol. The Labute approximate surface area is 278 Å². The van der Waals surface area contributed by atoms with Crippen molar-refractivity contribution in [2.45, 2.75) is 17.7 Å². The number of carbonyl (C=O) groups is 4. The number of nitrogens with two attached hydrogens (primary N) is 1. The highest BCUT2D eigenvalue weighted by atomic mass is 35.5. The molecular formula is C31H36ClN9O5S. The highest BCUT2D eigenvalue weighted by Gasteiger charge is 2.19. The van der Waals surface area contributed by atoms with Gasteiger partial charge in [0.1, 0.15) is 17.1 Å². The summed E-state index contributed by atoms with van der Waals surface area (Å²) < 4.78 is 16.8. The molecule has 16 heteroatoms. The molecule has 7 N–H and O–H groups in total. The normalized spacial score (nSPS) is 11.5. The lowest BCUT2D eigenvalue weighted by molar-refractivity contribution is -0.115. The van der Waals surface area contributed by atoms with E-state index < -0.39 is 22.6 Å². The maximum atomic E-state index is 13.1. The number of amidine groups is 1.